The highest BCUT2D eigenvalue weighted by atomic mass is 16.6. The average Bonchev–Trinajstić information content (AvgIpc) is 2.74. The lowest BCUT2D eigenvalue weighted by Gasteiger charge is -2.34. The number of nitrogens with one attached hydrogen (secondary N) is 1. The van der Waals surface area contributed by atoms with E-state index in [0.29, 0.717) is 37.4 Å². The molecular formula is C25H31N5O4. The van der Waals surface area contributed by atoms with Crippen LogP contribution in [-0.2, 0) is 14.3 Å². The topological polar surface area (TPSA) is 108 Å². The first kappa shape index (κ1) is 23.7. The number of fused-ring (bicyclic) bond motifs is 2. The average molecular weight is 466 g/mol. The van der Waals surface area contributed by atoms with E-state index < -0.39 is 11.2 Å². The van der Waals surface area contributed by atoms with Crippen molar-refractivity contribution in [1.82, 2.24) is 14.9 Å². The number of benzene rings is 1. The number of piperidine rings is 1. The zero-order valence-electron chi connectivity index (χ0n) is 20.4. The number of likely N-dealkylation sites (tertiary alicyclic amines) is 1. The number of ether oxygens (including phenoxy) is 1. The molecular weight excluding hydrogens is 434 g/mol. The molecule has 2 aromatic rings. The van der Waals surface area contributed by atoms with Crippen molar-refractivity contribution >= 4 is 35.6 Å². The molecule has 1 saturated heterocycles. The summed E-state index contributed by atoms with van der Waals surface area (Å²) in [6, 6.07) is 3.87. The number of rotatable bonds is 3. The molecule has 0 aliphatic carbocycles. The molecule has 1 amide bonds. The summed E-state index contributed by atoms with van der Waals surface area (Å²) in [7, 11) is 0. The second-order valence-corrected chi connectivity index (χ2v) is 10.00. The first-order valence-electron chi connectivity index (χ1n) is 11.5. The number of H-pyrrole nitrogens is 1. The molecule has 1 aromatic carbocycles. The number of carbonyl (C=O) groups excluding carboxylic acids is 2. The number of aromatic amines is 1. The van der Waals surface area contributed by atoms with Gasteiger partial charge in [0.1, 0.15) is 17.6 Å². The van der Waals surface area contributed by atoms with Gasteiger partial charge in [-0.25, -0.2) is 9.98 Å². The van der Waals surface area contributed by atoms with Gasteiger partial charge in [0.25, 0.3) is 5.56 Å². The van der Waals surface area contributed by atoms with Crippen LogP contribution >= 0.6 is 0 Å². The van der Waals surface area contributed by atoms with E-state index in [2.05, 4.69) is 21.5 Å². The molecule has 1 N–H and O–H groups in total. The van der Waals surface area contributed by atoms with Gasteiger partial charge in [0.05, 0.1) is 17.3 Å². The molecule has 34 heavy (non-hydrogen) atoms. The zero-order valence-corrected chi connectivity index (χ0v) is 20.4. The number of carbonyl (C=O) groups is 2. The standard InChI is InChI=1S/C25H31N5O4/c1-14-11-18-19(12-15(14)2)30(22-21(28-18)23(32)27-16(3)26-22)13-20(31)29-9-7-17(8-10-29)24(33)34-25(4,5)6/h11-12,17H,3,7-10,13H2,1-2,4-6H3,(H,27,32). The third kappa shape index (κ3) is 4.73. The van der Waals surface area contributed by atoms with Crippen LogP contribution in [0.1, 0.15) is 44.7 Å². The van der Waals surface area contributed by atoms with E-state index in [1.165, 1.54) is 0 Å². The van der Waals surface area contributed by atoms with E-state index in [1.807, 2.05) is 46.8 Å². The highest BCUT2D eigenvalue weighted by Gasteiger charge is 2.32. The number of anilines is 2. The molecule has 180 valence electrons. The van der Waals surface area contributed by atoms with Crippen molar-refractivity contribution in [2.24, 2.45) is 10.9 Å². The Morgan fingerprint density at radius 2 is 1.82 bits per heavy atom. The summed E-state index contributed by atoms with van der Waals surface area (Å²) in [5, 5.41) is 0.166. The summed E-state index contributed by atoms with van der Waals surface area (Å²) in [5.41, 5.74) is 2.73. The van der Waals surface area contributed by atoms with Crippen LogP contribution < -0.4 is 21.3 Å². The predicted molar refractivity (Wildman–Crippen MR) is 129 cm³/mol. The van der Waals surface area contributed by atoms with Crippen molar-refractivity contribution in [3.63, 3.8) is 0 Å². The van der Waals surface area contributed by atoms with E-state index in [1.54, 1.807) is 9.80 Å². The first-order valence-corrected chi connectivity index (χ1v) is 11.5. The maximum atomic E-state index is 13.3. The van der Waals surface area contributed by atoms with Crippen molar-refractivity contribution in [1.29, 1.82) is 0 Å². The fourth-order valence-electron chi connectivity index (χ4n) is 4.26. The Morgan fingerprint density at radius 1 is 1.18 bits per heavy atom. The van der Waals surface area contributed by atoms with Crippen LogP contribution in [0.3, 0.4) is 0 Å². The van der Waals surface area contributed by atoms with Crippen LogP contribution in [-0.4, -0.2) is 52.0 Å². The Balaban J connectivity index is 1.58. The molecule has 2 aliphatic rings. The molecule has 0 saturated carbocycles. The monoisotopic (exact) mass is 465 g/mol. The molecule has 0 radical (unpaired) electrons. The van der Waals surface area contributed by atoms with E-state index in [4.69, 9.17) is 4.74 Å². The minimum Gasteiger partial charge on any atom is -0.460 e. The summed E-state index contributed by atoms with van der Waals surface area (Å²) in [4.78, 5) is 53.3. The van der Waals surface area contributed by atoms with Crippen LogP contribution in [0.4, 0.5) is 17.2 Å². The van der Waals surface area contributed by atoms with Gasteiger partial charge in [-0.15, -0.1) is 0 Å². The predicted octanol–water partition coefficient (Wildman–Crippen LogP) is 1.78. The molecule has 1 fully saturated rings. The number of amides is 1. The van der Waals surface area contributed by atoms with Crippen LogP contribution in [0, 0.1) is 19.8 Å². The highest BCUT2D eigenvalue weighted by Crippen LogP contribution is 2.36. The van der Waals surface area contributed by atoms with Crippen LogP contribution in [0.5, 0.6) is 0 Å². The maximum absolute atomic E-state index is 13.3. The Labute approximate surface area is 198 Å². The SMILES string of the molecule is C=c1nc2c(c(=O)[nH]1)=Nc1cc(C)c(C)cc1N2CC(=O)N1CCC(C(=O)OC(C)(C)C)CC1. The summed E-state index contributed by atoms with van der Waals surface area (Å²) in [6.07, 6.45) is 1.12. The van der Waals surface area contributed by atoms with Crippen LogP contribution in [0.15, 0.2) is 21.9 Å². The molecule has 0 atom stereocenters. The van der Waals surface area contributed by atoms with Crippen molar-refractivity contribution in [3.8, 4) is 0 Å². The largest absolute Gasteiger partial charge is 0.460 e. The van der Waals surface area contributed by atoms with E-state index in [-0.39, 0.29) is 35.2 Å². The number of aromatic nitrogens is 2. The fraction of sp³-hybridized carbons (Fsp3) is 0.480. The molecule has 2 aliphatic heterocycles. The van der Waals surface area contributed by atoms with Crippen molar-refractivity contribution in [2.75, 3.05) is 24.5 Å². The maximum Gasteiger partial charge on any atom is 0.309 e. The Bertz CT molecular complexity index is 1320. The smallest absolute Gasteiger partial charge is 0.309 e. The lowest BCUT2D eigenvalue weighted by molar-refractivity contribution is -0.162. The Morgan fingerprint density at radius 3 is 2.47 bits per heavy atom. The molecule has 0 spiro atoms. The molecule has 9 nitrogen and oxygen atoms in total. The van der Waals surface area contributed by atoms with E-state index >= 15 is 0 Å². The summed E-state index contributed by atoms with van der Waals surface area (Å²) >= 11 is 0. The van der Waals surface area contributed by atoms with Gasteiger partial charge in [0, 0.05) is 13.1 Å². The van der Waals surface area contributed by atoms with Crippen LogP contribution in [0.25, 0.3) is 6.58 Å². The highest BCUT2D eigenvalue weighted by molar-refractivity contribution is 5.87. The third-order valence-electron chi connectivity index (χ3n) is 6.18. The second kappa shape index (κ2) is 8.70. The van der Waals surface area contributed by atoms with Gasteiger partial charge in [-0.3, -0.25) is 14.4 Å². The zero-order chi connectivity index (χ0) is 24.8. The van der Waals surface area contributed by atoms with Crippen LogP contribution in [0.2, 0.25) is 0 Å². The van der Waals surface area contributed by atoms with Gasteiger partial charge in [0.15, 0.2) is 11.2 Å². The van der Waals surface area contributed by atoms with Gasteiger partial charge >= 0.3 is 5.97 Å². The first-order chi connectivity index (χ1) is 15.9. The number of hydrogen-bond acceptors (Lipinski definition) is 7. The number of hydrogen-bond donors (Lipinski definition) is 1. The molecule has 3 heterocycles. The van der Waals surface area contributed by atoms with Gasteiger partial charge in [-0.1, -0.05) is 6.58 Å². The van der Waals surface area contributed by atoms with E-state index in [0.717, 1.165) is 16.8 Å². The minimum atomic E-state index is -0.529. The fourth-order valence-corrected chi connectivity index (χ4v) is 4.26. The van der Waals surface area contributed by atoms with Gasteiger partial charge in [0.2, 0.25) is 5.91 Å². The quantitative estimate of drug-likeness (QED) is 0.693. The molecule has 4 rings (SSSR count). The summed E-state index contributed by atoms with van der Waals surface area (Å²) in [6.45, 7) is 14.2. The molecule has 1 aromatic heterocycles. The third-order valence-corrected chi connectivity index (χ3v) is 6.18. The van der Waals surface area contributed by atoms with E-state index in [9.17, 15) is 14.4 Å². The molecule has 0 unspecified atom stereocenters. The number of esters is 1. The molecule has 9 heteroatoms. The van der Waals surface area contributed by atoms with Gasteiger partial charge < -0.3 is 19.5 Å². The molecule has 0 bridgehead atoms. The Kier molecular flexibility index (Phi) is 6.05. The lowest BCUT2D eigenvalue weighted by atomic mass is 9.96. The minimum absolute atomic E-state index is 0.00498. The summed E-state index contributed by atoms with van der Waals surface area (Å²) in [5.74, 6) is -0.204. The van der Waals surface area contributed by atoms with Gasteiger partial charge in [-0.2, -0.15) is 0 Å². The normalized spacial score (nSPS) is 15.9. The number of aryl methyl sites for hydroxylation is 2. The van der Waals surface area contributed by atoms with Gasteiger partial charge in [-0.05, 0) is 70.7 Å². The number of nitrogens with zero attached hydrogens (tertiary/aromatic N) is 4. The van der Waals surface area contributed by atoms with Crippen molar-refractivity contribution in [2.45, 2.75) is 53.1 Å². The Hall–Kier alpha value is -3.49. The van der Waals surface area contributed by atoms with Crippen molar-refractivity contribution < 1.29 is 14.3 Å². The summed E-state index contributed by atoms with van der Waals surface area (Å²) < 4.78 is 5.51. The lowest BCUT2D eigenvalue weighted by Crippen LogP contribution is -2.48. The van der Waals surface area contributed by atoms with Crippen molar-refractivity contribution in [3.05, 3.63) is 44.5 Å². The second-order valence-electron chi connectivity index (χ2n) is 10.00.